The summed E-state index contributed by atoms with van der Waals surface area (Å²) in [6.45, 7) is 2.83. The molecule has 0 bridgehead atoms. The molecule has 0 aromatic rings. The van der Waals surface area contributed by atoms with Gasteiger partial charge in [0.05, 0.1) is 11.0 Å². The molecule has 2 fully saturated rings. The number of carbonyl (C=O) groups is 1. The SMILES string of the molecule is NCC1(C(=O)NCC2(O)CCOCC2)CCOCC1. The highest BCUT2D eigenvalue weighted by atomic mass is 16.5. The molecular weight excluding hydrogens is 248 g/mol. The van der Waals surface area contributed by atoms with Crippen LogP contribution in [-0.4, -0.2) is 56.1 Å². The molecule has 0 atom stereocenters. The molecule has 2 saturated heterocycles. The van der Waals surface area contributed by atoms with Crippen LogP contribution in [0.3, 0.4) is 0 Å². The molecule has 6 nitrogen and oxygen atoms in total. The molecule has 0 aromatic carbocycles. The third-order valence-corrected chi connectivity index (χ3v) is 4.32. The standard InChI is InChI=1S/C13H24N2O4/c14-9-12(1-5-18-6-2-12)11(16)15-10-13(17)3-7-19-8-4-13/h17H,1-10,14H2,(H,15,16). The minimum atomic E-state index is -0.838. The number of amides is 1. The van der Waals surface area contributed by atoms with Gasteiger partial charge in [-0.2, -0.15) is 0 Å². The molecule has 0 radical (unpaired) electrons. The first-order valence-electron chi connectivity index (χ1n) is 6.97. The first-order valence-corrected chi connectivity index (χ1v) is 6.97. The van der Waals surface area contributed by atoms with Crippen LogP contribution in [-0.2, 0) is 14.3 Å². The fourth-order valence-electron chi connectivity index (χ4n) is 2.65. The van der Waals surface area contributed by atoms with Gasteiger partial charge in [0.15, 0.2) is 0 Å². The molecule has 2 aliphatic rings. The van der Waals surface area contributed by atoms with Gasteiger partial charge in [0.2, 0.25) is 5.91 Å². The average Bonchev–Trinajstić information content (AvgIpc) is 2.46. The Bertz CT molecular complexity index is 310. The largest absolute Gasteiger partial charge is 0.388 e. The Morgan fingerprint density at radius 1 is 1.11 bits per heavy atom. The normalized spacial score (nSPS) is 25.8. The smallest absolute Gasteiger partial charge is 0.227 e. The van der Waals surface area contributed by atoms with Crippen molar-refractivity contribution in [2.45, 2.75) is 31.3 Å². The molecular formula is C13H24N2O4. The second-order valence-corrected chi connectivity index (χ2v) is 5.62. The topological polar surface area (TPSA) is 93.8 Å². The Balaban J connectivity index is 1.88. The lowest BCUT2D eigenvalue weighted by molar-refractivity contribution is -0.138. The van der Waals surface area contributed by atoms with Crippen LogP contribution in [0.1, 0.15) is 25.7 Å². The van der Waals surface area contributed by atoms with Crippen molar-refractivity contribution < 1.29 is 19.4 Å². The zero-order valence-corrected chi connectivity index (χ0v) is 11.3. The highest BCUT2D eigenvalue weighted by Gasteiger charge is 2.40. The van der Waals surface area contributed by atoms with E-state index in [-0.39, 0.29) is 12.5 Å². The average molecular weight is 272 g/mol. The molecule has 1 amide bonds. The van der Waals surface area contributed by atoms with Crippen LogP contribution < -0.4 is 11.1 Å². The number of nitrogens with one attached hydrogen (secondary N) is 1. The van der Waals surface area contributed by atoms with Crippen LogP contribution in [0, 0.1) is 5.41 Å². The van der Waals surface area contributed by atoms with E-state index in [1.165, 1.54) is 0 Å². The number of ether oxygens (including phenoxy) is 2. The van der Waals surface area contributed by atoms with Crippen molar-refractivity contribution in [2.75, 3.05) is 39.5 Å². The Kier molecular flexibility index (Phi) is 4.78. The molecule has 2 rings (SSSR count). The number of aliphatic hydroxyl groups is 1. The maximum Gasteiger partial charge on any atom is 0.227 e. The Hall–Kier alpha value is -0.690. The zero-order valence-electron chi connectivity index (χ0n) is 11.3. The molecule has 0 unspecified atom stereocenters. The zero-order chi connectivity index (χ0) is 13.8. The summed E-state index contributed by atoms with van der Waals surface area (Å²) in [6, 6.07) is 0. The van der Waals surface area contributed by atoms with Gasteiger partial charge in [-0.25, -0.2) is 0 Å². The van der Waals surface area contributed by atoms with Crippen LogP contribution in [0.2, 0.25) is 0 Å². The number of hydrogen-bond acceptors (Lipinski definition) is 5. The summed E-state index contributed by atoms with van der Waals surface area (Å²) >= 11 is 0. The maximum atomic E-state index is 12.3. The van der Waals surface area contributed by atoms with Gasteiger partial charge in [0, 0.05) is 52.4 Å². The van der Waals surface area contributed by atoms with Crippen molar-refractivity contribution in [3.63, 3.8) is 0 Å². The lowest BCUT2D eigenvalue weighted by Crippen LogP contribution is -2.53. The molecule has 0 spiro atoms. The molecule has 4 N–H and O–H groups in total. The van der Waals surface area contributed by atoms with Gasteiger partial charge in [-0.1, -0.05) is 0 Å². The monoisotopic (exact) mass is 272 g/mol. The van der Waals surface area contributed by atoms with E-state index in [1.54, 1.807) is 0 Å². The van der Waals surface area contributed by atoms with Crippen molar-refractivity contribution >= 4 is 5.91 Å². The fraction of sp³-hybridized carbons (Fsp3) is 0.923. The number of nitrogens with two attached hydrogens (primary N) is 1. The van der Waals surface area contributed by atoms with Crippen molar-refractivity contribution in [2.24, 2.45) is 11.1 Å². The van der Waals surface area contributed by atoms with Gasteiger partial charge < -0.3 is 25.6 Å². The van der Waals surface area contributed by atoms with Gasteiger partial charge >= 0.3 is 0 Å². The van der Waals surface area contributed by atoms with Crippen LogP contribution in [0.4, 0.5) is 0 Å². The summed E-state index contributed by atoms with van der Waals surface area (Å²) in [5, 5.41) is 13.2. The summed E-state index contributed by atoms with van der Waals surface area (Å²) in [5.41, 5.74) is 4.42. The minimum absolute atomic E-state index is 0.0572. The lowest BCUT2D eigenvalue weighted by Gasteiger charge is -2.37. The van der Waals surface area contributed by atoms with Crippen LogP contribution in [0.5, 0.6) is 0 Å². The Labute approximate surface area is 113 Å². The molecule has 19 heavy (non-hydrogen) atoms. The van der Waals surface area contributed by atoms with Crippen LogP contribution in [0.15, 0.2) is 0 Å². The Morgan fingerprint density at radius 2 is 1.63 bits per heavy atom. The maximum absolute atomic E-state index is 12.3. The fourth-order valence-corrected chi connectivity index (χ4v) is 2.65. The van der Waals surface area contributed by atoms with Crippen molar-refractivity contribution in [1.82, 2.24) is 5.32 Å². The van der Waals surface area contributed by atoms with E-state index < -0.39 is 11.0 Å². The van der Waals surface area contributed by atoms with E-state index in [1.807, 2.05) is 0 Å². The number of carbonyl (C=O) groups excluding carboxylic acids is 1. The second kappa shape index (κ2) is 6.17. The number of rotatable bonds is 4. The Morgan fingerprint density at radius 3 is 2.16 bits per heavy atom. The van der Waals surface area contributed by atoms with E-state index in [0.29, 0.717) is 58.7 Å². The highest BCUT2D eigenvalue weighted by Crippen LogP contribution is 2.30. The lowest BCUT2D eigenvalue weighted by atomic mass is 9.79. The van der Waals surface area contributed by atoms with Gasteiger partial charge in [-0.05, 0) is 12.8 Å². The highest BCUT2D eigenvalue weighted by molar-refractivity contribution is 5.83. The molecule has 0 aromatic heterocycles. The minimum Gasteiger partial charge on any atom is -0.388 e. The summed E-state index contributed by atoms with van der Waals surface area (Å²) in [6.07, 6.45) is 2.42. The molecule has 2 aliphatic heterocycles. The van der Waals surface area contributed by atoms with Gasteiger partial charge in [-0.15, -0.1) is 0 Å². The summed E-state index contributed by atoms with van der Waals surface area (Å²) in [5.74, 6) is -0.0572. The number of hydrogen-bond donors (Lipinski definition) is 3. The predicted molar refractivity (Wildman–Crippen MR) is 69.6 cm³/mol. The van der Waals surface area contributed by atoms with E-state index in [0.717, 1.165) is 0 Å². The predicted octanol–water partition coefficient (Wildman–Crippen LogP) is -0.600. The third-order valence-electron chi connectivity index (χ3n) is 4.32. The van der Waals surface area contributed by atoms with Crippen LogP contribution in [0.25, 0.3) is 0 Å². The van der Waals surface area contributed by atoms with Crippen molar-refractivity contribution in [3.8, 4) is 0 Å². The van der Waals surface area contributed by atoms with E-state index in [2.05, 4.69) is 5.32 Å². The molecule has 110 valence electrons. The first-order chi connectivity index (χ1) is 9.10. The first kappa shape index (κ1) is 14.7. The summed E-state index contributed by atoms with van der Waals surface area (Å²) in [4.78, 5) is 12.3. The van der Waals surface area contributed by atoms with Gasteiger partial charge in [0.1, 0.15) is 0 Å². The van der Waals surface area contributed by atoms with Crippen molar-refractivity contribution in [1.29, 1.82) is 0 Å². The molecule has 0 saturated carbocycles. The third kappa shape index (κ3) is 3.45. The van der Waals surface area contributed by atoms with Crippen molar-refractivity contribution in [3.05, 3.63) is 0 Å². The van der Waals surface area contributed by atoms with Crippen LogP contribution >= 0.6 is 0 Å². The molecule has 0 aliphatic carbocycles. The summed E-state index contributed by atoms with van der Waals surface area (Å²) < 4.78 is 10.5. The van der Waals surface area contributed by atoms with E-state index >= 15 is 0 Å². The quantitative estimate of drug-likeness (QED) is 0.635. The van der Waals surface area contributed by atoms with Gasteiger partial charge in [0.25, 0.3) is 0 Å². The van der Waals surface area contributed by atoms with E-state index in [4.69, 9.17) is 15.2 Å². The second-order valence-electron chi connectivity index (χ2n) is 5.62. The van der Waals surface area contributed by atoms with E-state index in [9.17, 15) is 9.90 Å². The summed E-state index contributed by atoms with van der Waals surface area (Å²) in [7, 11) is 0. The molecule has 2 heterocycles. The van der Waals surface area contributed by atoms with Gasteiger partial charge in [-0.3, -0.25) is 4.79 Å². The molecule has 6 heteroatoms.